The first-order valence-electron chi connectivity index (χ1n) is 5.59. The predicted molar refractivity (Wildman–Crippen MR) is 77.6 cm³/mol. The van der Waals surface area contributed by atoms with Crippen LogP contribution in [0.3, 0.4) is 0 Å². The Morgan fingerprint density at radius 1 is 1.26 bits per heavy atom. The third kappa shape index (κ3) is 2.98. The summed E-state index contributed by atoms with van der Waals surface area (Å²) < 4.78 is 29.5. The van der Waals surface area contributed by atoms with Crippen molar-refractivity contribution in [2.45, 2.75) is 18.7 Å². The van der Waals surface area contributed by atoms with Gasteiger partial charge in [-0.15, -0.1) is 0 Å². The SMILES string of the molecule is Cc1cc(Br)ccc1S(=O)(=O)Nc1cc(C)n(C)n1. The molecule has 0 aliphatic carbocycles. The van der Waals surface area contributed by atoms with Crippen LogP contribution in [0.1, 0.15) is 11.3 Å². The minimum absolute atomic E-state index is 0.249. The molecule has 1 aromatic heterocycles. The number of hydrogen-bond acceptors (Lipinski definition) is 3. The zero-order chi connectivity index (χ0) is 14.2. The van der Waals surface area contributed by atoms with Gasteiger partial charge in [0.15, 0.2) is 5.82 Å². The van der Waals surface area contributed by atoms with Crippen molar-refractivity contribution in [1.82, 2.24) is 9.78 Å². The van der Waals surface area contributed by atoms with Crippen LogP contribution in [0.25, 0.3) is 0 Å². The van der Waals surface area contributed by atoms with Crippen molar-refractivity contribution < 1.29 is 8.42 Å². The van der Waals surface area contributed by atoms with Gasteiger partial charge in [-0.2, -0.15) is 5.10 Å². The molecule has 0 amide bonds. The smallest absolute Gasteiger partial charge is 0.263 e. The molecule has 1 aromatic carbocycles. The van der Waals surface area contributed by atoms with Crippen molar-refractivity contribution in [2.75, 3.05) is 4.72 Å². The highest BCUT2D eigenvalue weighted by molar-refractivity contribution is 9.10. The van der Waals surface area contributed by atoms with E-state index in [1.807, 2.05) is 6.92 Å². The van der Waals surface area contributed by atoms with Gasteiger partial charge in [0.25, 0.3) is 10.0 Å². The van der Waals surface area contributed by atoms with E-state index in [9.17, 15) is 8.42 Å². The van der Waals surface area contributed by atoms with E-state index in [2.05, 4.69) is 25.8 Å². The molecule has 0 aliphatic heterocycles. The number of aromatic nitrogens is 2. The number of aryl methyl sites for hydroxylation is 3. The molecule has 0 aliphatic rings. The molecule has 0 unspecified atom stereocenters. The molecule has 0 saturated heterocycles. The molecule has 19 heavy (non-hydrogen) atoms. The van der Waals surface area contributed by atoms with Gasteiger partial charge < -0.3 is 0 Å². The molecule has 0 atom stereocenters. The van der Waals surface area contributed by atoms with E-state index in [1.54, 1.807) is 42.9 Å². The van der Waals surface area contributed by atoms with Crippen LogP contribution >= 0.6 is 15.9 Å². The molecule has 102 valence electrons. The zero-order valence-electron chi connectivity index (χ0n) is 10.8. The molecule has 7 heteroatoms. The van der Waals surface area contributed by atoms with Crippen molar-refractivity contribution in [1.29, 1.82) is 0 Å². The number of sulfonamides is 1. The maximum Gasteiger partial charge on any atom is 0.263 e. The summed E-state index contributed by atoms with van der Waals surface area (Å²) in [5.41, 5.74) is 1.56. The van der Waals surface area contributed by atoms with Crippen molar-refractivity contribution in [2.24, 2.45) is 7.05 Å². The van der Waals surface area contributed by atoms with E-state index >= 15 is 0 Å². The van der Waals surface area contributed by atoms with Gasteiger partial charge >= 0.3 is 0 Å². The molecule has 1 heterocycles. The minimum Gasteiger partial charge on any atom is -0.271 e. The van der Waals surface area contributed by atoms with Crippen molar-refractivity contribution in [3.05, 3.63) is 40.0 Å². The monoisotopic (exact) mass is 343 g/mol. The van der Waals surface area contributed by atoms with E-state index in [4.69, 9.17) is 0 Å². The highest BCUT2D eigenvalue weighted by Gasteiger charge is 2.18. The average molecular weight is 344 g/mol. The first kappa shape index (κ1) is 14.1. The van der Waals surface area contributed by atoms with Crippen LogP contribution < -0.4 is 4.72 Å². The fourth-order valence-corrected chi connectivity index (χ4v) is 3.41. The summed E-state index contributed by atoms with van der Waals surface area (Å²) in [6.45, 7) is 3.61. The van der Waals surface area contributed by atoms with Crippen LogP contribution in [-0.2, 0) is 17.1 Å². The van der Waals surface area contributed by atoms with Gasteiger partial charge in [0.05, 0.1) is 4.90 Å². The third-order valence-electron chi connectivity index (χ3n) is 2.78. The van der Waals surface area contributed by atoms with E-state index in [-0.39, 0.29) is 4.90 Å². The van der Waals surface area contributed by atoms with Gasteiger partial charge in [0, 0.05) is 23.3 Å². The lowest BCUT2D eigenvalue weighted by molar-refractivity contribution is 0.600. The predicted octanol–water partition coefficient (Wildman–Crippen LogP) is 2.60. The van der Waals surface area contributed by atoms with Gasteiger partial charge in [-0.1, -0.05) is 15.9 Å². The molecular weight excluding hydrogens is 330 g/mol. The normalized spacial score (nSPS) is 11.6. The standard InChI is InChI=1S/C12H14BrN3O2S/c1-8-6-10(13)4-5-11(8)19(17,18)15-12-7-9(2)16(3)14-12/h4-7H,1-3H3,(H,14,15). The topological polar surface area (TPSA) is 64.0 Å². The maximum atomic E-state index is 12.3. The molecule has 1 N–H and O–H groups in total. The second kappa shape index (κ2) is 4.97. The van der Waals surface area contributed by atoms with Gasteiger partial charge in [-0.25, -0.2) is 8.42 Å². The molecule has 0 saturated carbocycles. The summed E-state index contributed by atoms with van der Waals surface area (Å²) in [6.07, 6.45) is 0. The van der Waals surface area contributed by atoms with Crippen molar-refractivity contribution in [3.8, 4) is 0 Å². The summed E-state index contributed by atoms with van der Waals surface area (Å²) in [4.78, 5) is 0.249. The second-order valence-corrected chi connectivity index (χ2v) is 6.88. The molecule has 2 rings (SSSR count). The number of hydrogen-bond donors (Lipinski definition) is 1. The molecule has 0 spiro atoms. The van der Waals surface area contributed by atoms with Gasteiger partial charge in [0.2, 0.25) is 0 Å². The molecule has 0 radical (unpaired) electrons. The Bertz CT molecular complexity index is 703. The molecule has 5 nitrogen and oxygen atoms in total. The number of rotatable bonds is 3. The minimum atomic E-state index is -3.61. The number of nitrogens with one attached hydrogen (secondary N) is 1. The van der Waals surface area contributed by atoms with Crippen LogP contribution in [0, 0.1) is 13.8 Å². The fraction of sp³-hybridized carbons (Fsp3) is 0.250. The van der Waals surface area contributed by atoms with Gasteiger partial charge in [-0.3, -0.25) is 9.40 Å². The average Bonchev–Trinajstić information content (AvgIpc) is 2.56. The first-order valence-corrected chi connectivity index (χ1v) is 7.87. The van der Waals surface area contributed by atoms with Crippen LogP contribution in [0.15, 0.2) is 33.6 Å². The second-order valence-electron chi connectivity index (χ2n) is 4.31. The van der Waals surface area contributed by atoms with E-state index in [0.717, 1.165) is 10.2 Å². The summed E-state index contributed by atoms with van der Waals surface area (Å²) >= 11 is 3.31. The molecule has 0 fully saturated rings. The summed E-state index contributed by atoms with van der Waals surface area (Å²) in [5.74, 6) is 0.322. The van der Waals surface area contributed by atoms with Crippen LogP contribution in [0.5, 0.6) is 0 Å². The van der Waals surface area contributed by atoms with Gasteiger partial charge in [0.1, 0.15) is 0 Å². The van der Waals surface area contributed by atoms with Crippen molar-refractivity contribution in [3.63, 3.8) is 0 Å². The lowest BCUT2D eigenvalue weighted by atomic mass is 10.2. The quantitative estimate of drug-likeness (QED) is 0.931. The summed E-state index contributed by atoms with van der Waals surface area (Å²) in [6, 6.07) is 6.72. The molecular formula is C12H14BrN3O2S. The lowest BCUT2D eigenvalue weighted by Gasteiger charge is -2.08. The van der Waals surface area contributed by atoms with Crippen LogP contribution in [-0.4, -0.2) is 18.2 Å². The van der Waals surface area contributed by atoms with Crippen molar-refractivity contribution >= 4 is 31.8 Å². The number of nitrogens with zero attached hydrogens (tertiary/aromatic N) is 2. The summed E-state index contributed by atoms with van der Waals surface area (Å²) in [7, 11) is -1.85. The Kier molecular flexibility index (Phi) is 3.69. The number of anilines is 1. The van der Waals surface area contributed by atoms with E-state index in [0.29, 0.717) is 11.4 Å². The fourth-order valence-electron chi connectivity index (χ4n) is 1.72. The molecule has 2 aromatic rings. The van der Waals surface area contributed by atoms with E-state index in [1.165, 1.54) is 0 Å². The third-order valence-corrected chi connectivity index (χ3v) is 4.79. The Hall–Kier alpha value is -1.34. The Balaban J connectivity index is 2.37. The Morgan fingerprint density at radius 3 is 2.47 bits per heavy atom. The number of benzene rings is 1. The Morgan fingerprint density at radius 2 is 1.95 bits per heavy atom. The molecule has 0 bridgehead atoms. The first-order chi connectivity index (χ1) is 8.79. The lowest BCUT2D eigenvalue weighted by Crippen LogP contribution is -2.14. The highest BCUT2D eigenvalue weighted by atomic mass is 79.9. The number of halogens is 1. The van der Waals surface area contributed by atoms with Crippen LogP contribution in [0.4, 0.5) is 5.82 Å². The zero-order valence-corrected chi connectivity index (χ0v) is 13.2. The van der Waals surface area contributed by atoms with Crippen LogP contribution in [0.2, 0.25) is 0 Å². The summed E-state index contributed by atoms with van der Waals surface area (Å²) in [5, 5.41) is 4.09. The largest absolute Gasteiger partial charge is 0.271 e. The van der Waals surface area contributed by atoms with Gasteiger partial charge in [-0.05, 0) is 37.6 Å². The highest BCUT2D eigenvalue weighted by Crippen LogP contribution is 2.22. The maximum absolute atomic E-state index is 12.3. The Labute approximate surface area is 120 Å². The van der Waals surface area contributed by atoms with E-state index < -0.39 is 10.0 Å².